The summed E-state index contributed by atoms with van der Waals surface area (Å²) in [4.78, 5) is 22.2. The van der Waals surface area contributed by atoms with Crippen molar-refractivity contribution in [3.63, 3.8) is 0 Å². The summed E-state index contributed by atoms with van der Waals surface area (Å²) in [6, 6.07) is -0.280. The Hall–Kier alpha value is -0.160. The molecule has 0 aliphatic carbocycles. The Labute approximate surface area is 81.1 Å². The molecule has 0 spiro atoms. The molecule has 1 N–H and O–H groups in total. The predicted octanol–water partition coefficient (Wildman–Crippen LogP) is 0.453. The number of carbonyl (C=O) groups is 2. The molecule has 68 valence electrons. The summed E-state index contributed by atoms with van der Waals surface area (Å²) in [5, 5.41) is 2.37. The summed E-state index contributed by atoms with van der Waals surface area (Å²) in [7, 11) is 0. The van der Waals surface area contributed by atoms with Gasteiger partial charge in [0.1, 0.15) is 0 Å². The number of carbonyl (C=O) groups excluding carboxylic acids is 2. The van der Waals surface area contributed by atoms with Crippen LogP contribution in [0.15, 0.2) is 0 Å². The molecule has 1 aliphatic rings. The van der Waals surface area contributed by atoms with Gasteiger partial charge in [0.2, 0.25) is 11.0 Å². The van der Waals surface area contributed by atoms with E-state index >= 15 is 0 Å². The van der Waals surface area contributed by atoms with Crippen LogP contribution in [0.5, 0.6) is 0 Å². The summed E-state index contributed by atoms with van der Waals surface area (Å²) in [6.45, 7) is 1.69. The average Bonchev–Trinajstić information content (AvgIpc) is 2.36. The van der Waals surface area contributed by atoms with Crippen molar-refractivity contribution in [1.29, 1.82) is 0 Å². The van der Waals surface area contributed by atoms with Crippen molar-refractivity contribution in [1.82, 2.24) is 5.32 Å². The zero-order valence-corrected chi connectivity index (χ0v) is 8.45. The van der Waals surface area contributed by atoms with Crippen LogP contribution in [0.1, 0.15) is 13.3 Å². The van der Waals surface area contributed by atoms with Crippen LogP contribution in [-0.2, 0) is 9.59 Å². The van der Waals surface area contributed by atoms with Crippen molar-refractivity contribution in [2.45, 2.75) is 24.6 Å². The predicted molar refractivity (Wildman–Crippen MR) is 52.5 cm³/mol. The highest BCUT2D eigenvalue weighted by atomic mass is 32.2. The van der Waals surface area contributed by atoms with Crippen LogP contribution >= 0.6 is 24.4 Å². The first-order valence-corrected chi connectivity index (χ1v) is 5.26. The fourth-order valence-electron chi connectivity index (χ4n) is 0.919. The van der Waals surface area contributed by atoms with Gasteiger partial charge in [0.15, 0.2) is 0 Å². The molecular formula is C7H11NO2S2. The number of rotatable bonds is 2. The Morgan fingerprint density at radius 2 is 2.50 bits per heavy atom. The number of amides is 1. The van der Waals surface area contributed by atoms with Gasteiger partial charge in [-0.3, -0.25) is 9.59 Å². The highest BCUT2D eigenvalue weighted by Crippen LogP contribution is 2.19. The zero-order chi connectivity index (χ0) is 9.14. The molecule has 1 heterocycles. The average molecular weight is 205 g/mol. The molecule has 0 saturated carbocycles. The lowest BCUT2D eigenvalue weighted by Crippen LogP contribution is -2.40. The maximum Gasteiger partial charge on any atom is 0.233 e. The molecule has 1 fully saturated rings. The molecule has 3 nitrogen and oxygen atoms in total. The van der Waals surface area contributed by atoms with E-state index in [0.29, 0.717) is 0 Å². The second-order valence-electron chi connectivity index (χ2n) is 2.69. The summed E-state index contributed by atoms with van der Waals surface area (Å²) in [5.41, 5.74) is 0. The Kier molecular flexibility index (Phi) is 3.46. The number of thiol groups is 1. The van der Waals surface area contributed by atoms with E-state index in [0.717, 1.165) is 12.2 Å². The number of thioether (sulfide) groups is 1. The van der Waals surface area contributed by atoms with Crippen molar-refractivity contribution in [3.05, 3.63) is 0 Å². The van der Waals surface area contributed by atoms with E-state index in [-0.39, 0.29) is 22.3 Å². The third kappa shape index (κ3) is 2.42. The molecule has 2 unspecified atom stereocenters. The van der Waals surface area contributed by atoms with Gasteiger partial charge in [-0.2, -0.15) is 12.6 Å². The van der Waals surface area contributed by atoms with Crippen molar-refractivity contribution < 1.29 is 9.59 Å². The lowest BCUT2D eigenvalue weighted by atomic mass is 10.2. The Morgan fingerprint density at radius 3 is 2.92 bits per heavy atom. The van der Waals surface area contributed by atoms with E-state index in [1.807, 2.05) is 0 Å². The third-order valence-electron chi connectivity index (χ3n) is 1.63. The second-order valence-corrected chi connectivity index (χ2v) is 4.57. The maximum atomic E-state index is 11.1. The van der Waals surface area contributed by atoms with Crippen molar-refractivity contribution >= 4 is 35.4 Å². The molecule has 2 atom stereocenters. The topological polar surface area (TPSA) is 46.2 Å². The van der Waals surface area contributed by atoms with Gasteiger partial charge in [0.05, 0.1) is 11.3 Å². The Balaban J connectivity index is 2.40. The summed E-state index contributed by atoms with van der Waals surface area (Å²) < 4.78 is 0. The minimum absolute atomic E-state index is 0.0670. The second kappa shape index (κ2) is 4.18. The monoisotopic (exact) mass is 205 g/mol. The highest BCUT2D eigenvalue weighted by molar-refractivity contribution is 8.14. The van der Waals surface area contributed by atoms with Gasteiger partial charge in [-0.05, 0) is 13.3 Å². The third-order valence-corrected chi connectivity index (χ3v) is 2.87. The smallest absolute Gasteiger partial charge is 0.233 e. The first-order valence-electron chi connectivity index (χ1n) is 3.76. The lowest BCUT2D eigenvalue weighted by molar-refractivity contribution is -0.123. The Bertz CT molecular complexity index is 206. The Morgan fingerprint density at radius 1 is 1.83 bits per heavy atom. The maximum absolute atomic E-state index is 11.1. The van der Waals surface area contributed by atoms with E-state index in [2.05, 4.69) is 17.9 Å². The van der Waals surface area contributed by atoms with Crippen LogP contribution in [0.3, 0.4) is 0 Å². The molecule has 0 aromatic carbocycles. The van der Waals surface area contributed by atoms with Gasteiger partial charge in [-0.25, -0.2) is 0 Å². The van der Waals surface area contributed by atoms with Crippen LogP contribution in [0, 0.1) is 0 Å². The molecule has 1 aliphatic heterocycles. The molecule has 1 saturated heterocycles. The first-order chi connectivity index (χ1) is 5.61. The van der Waals surface area contributed by atoms with Gasteiger partial charge in [0, 0.05) is 5.75 Å². The molecule has 0 aromatic rings. The number of hydrogen-bond donors (Lipinski definition) is 2. The minimum Gasteiger partial charge on any atom is -0.344 e. The highest BCUT2D eigenvalue weighted by Gasteiger charge is 2.27. The number of hydrogen-bond acceptors (Lipinski definition) is 4. The standard InChI is InChI=1S/C7H11NO2S2/c1-4(11)6(9)8-5-2-3-12-7(5)10/h4-5,11H,2-3H2,1H3,(H,8,9). The summed E-state index contributed by atoms with van der Waals surface area (Å²) in [6.07, 6.45) is 0.746. The lowest BCUT2D eigenvalue weighted by Gasteiger charge is -2.11. The summed E-state index contributed by atoms with van der Waals surface area (Å²) >= 11 is 5.25. The van der Waals surface area contributed by atoms with Crippen LogP contribution < -0.4 is 5.32 Å². The van der Waals surface area contributed by atoms with Crippen LogP contribution in [0.2, 0.25) is 0 Å². The molecular weight excluding hydrogens is 194 g/mol. The molecule has 0 bridgehead atoms. The quantitative estimate of drug-likeness (QED) is 0.644. The first kappa shape index (κ1) is 9.92. The van der Waals surface area contributed by atoms with Gasteiger partial charge in [-0.15, -0.1) is 0 Å². The van der Waals surface area contributed by atoms with E-state index < -0.39 is 0 Å². The van der Waals surface area contributed by atoms with Gasteiger partial charge in [-0.1, -0.05) is 11.8 Å². The molecule has 5 heteroatoms. The van der Waals surface area contributed by atoms with E-state index in [9.17, 15) is 9.59 Å². The number of nitrogens with one attached hydrogen (secondary N) is 1. The molecule has 1 rings (SSSR count). The van der Waals surface area contributed by atoms with E-state index in [1.54, 1.807) is 6.92 Å². The summed E-state index contributed by atoms with van der Waals surface area (Å²) in [5.74, 6) is 0.643. The fourth-order valence-corrected chi connectivity index (χ4v) is 1.93. The van der Waals surface area contributed by atoms with Crippen molar-refractivity contribution in [2.75, 3.05) is 5.75 Å². The zero-order valence-electron chi connectivity index (χ0n) is 6.74. The molecule has 1 amide bonds. The van der Waals surface area contributed by atoms with Crippen LogP contribution in [0.4, 0.5) is 0 Å². The van der Waals surface area contributed by atoms with Crippen LogP contribution in [0.25, 0.3) is 0 Å². The molecule has 0 aromatic heterocycles. The van der Waals surface area contributed by atoms with E-state index in [4.69, 9.17) is 0 Å². The molecule has 12 heavy (non-hydrogen) atoms. The van der Waals surface area contributed by atoms with E-state index in [1.165, 1.54) is 11.8 Å². The molecule has 0 radical (unpaired) electrons. The normalized spacial score (nSPS) is 25.5. The van der Waals surface area contributed by atoms with Crippen molar-refractivity contribution in [3.8, 4) is 0 Å². The largest absolute Gasteiger partial charge is 0.344 e. The fraction of sp³-hybridized carbons (Fsp3) is 0.714. The van der Waals surface area contributed by atoms with Gasteiger partial charge in [0.25, 0.3) is 0 Å². The van der Waals surface area contributed by atoms with Gasteiger partial charge >= 0.3 is 0 Å². The van der Waals surface area contributed by atoms with Gasteiger partial charge < -0.3 is 5.32 Å². The SMILES string of the molecule is CC(S)C(=O)NC1CCSC1=O. The van der Waals surface area contributed by atoms with Crippen molar-refractivity contribution in [2.24, 2.45) is 0 Å². The minimum atomic E-state index is -0.344. The van der Waals surface area contributed by atoms with Crippen LogP contribution in [-0.4, -0.2) is 28.1 Å².